The molecular formula is C13H28N2. The molecule has 0 aromatic rings. The van der Waals surface area contributed by atoms with E-state index in [0.717, 1.165) is 5.92 Å². The summed E-state index contributed by atoms with van der Waals surface area (Å²) in [6.07, 6.45) is 6.42. The van der Waals surface area contributed by atoms with Crippen molar-refractivity contribution >= 4 is 0 Å². The van der Waals surface area contributed by atoms with Gasteiger partial charge in [-0.15, -0.1) is 0 Å². The minimum atomic E-state index is 0.336. The summed E-state index contributed by atoms with van der Waals surface area (Å²) in [7, 11) is 2.24. The zero-order valence-electron chi connectivity index (χ0n) is 10.9. The van der Waals surface area contributed by atoms with Crippen molar-refractivity contribution in [2.75, 3.05) is 13.6 Å². The predicted octanol–water partition coefficient (Wildman–Crippen LogP) is 2.62. The monoisotopic (exact) mass is 212 g/mol. The fraction of sp³-hybridized carbons (Fsp3) is 1.00. The van der Waals surface area contributed by atoms with Crippen LogP contribution in [0.1, 0.15) is 52.9 Å². The van der Waals surface area contributed by atoms with Gasteiger partial charge < -0.3 is 10.6 Å². The summed E-state index contributed by atoms with van der Waals surface area (Å²) >= 11 is 0. The molecule has 1 rings (SSSR count). The third-order valence-electron chi connectivity index (χ3n) is 4.45. The van der Waals surface area contributed by atoms with E-state index in [1.807, 2.05) is 0 Å². The molecule has 2 unspecified atom stereocenters. The Hall–Kier alpha value is -0.0800. The van der Waals surface area contributed by atoms with E-state index in [0.29, 0.717) is 11.6 Å². The lowest BCUT2D eigenvalue weighted by molar-refractivity contribution is 0.140. The van der Waals surface area contributed by atoms with Crippen molar-refractivity contribution in [3.63, 3.8) is 0 Å². The Morgan fingerprint density at radius 3 is 2.47 bits per heavy atom. The van der Waals surface area contributed by atoms with E-state index < -0.39 is 0 Å². The van der Waals surface area contributed by atoms with Crippen molar-refractivity contribution < 1.29 is 0 Å². The van der Waals surface area contributed by atoms with E-state index >= 15 is 0 Å². The second kappa shape index (κ2) is 5.31. The molecule has 0 saturated heterocycles. The number of hydrogen-bond donors (Lipinski definition) is 1. The lowest BCUT2D eigenvalue weighted by atomic mass is 9.96. The molecule has 2 heteroatoms. The number of nitrogens with two attached hydrogens (primary N) is 1. The largest absolute Gasteiger partial charge is 0.327 e. The van der Waals surface area contributed by atoms with Crippen LogP contribution >= 0.6 is 0 Å². The van der Waals surface area contributed by atoms with Crippen LogP contribution in [0, 0.1) is 5.92 Å². The van der Waals surface area contributed by atoms with E-state index in [-0.39, 0.29) is 0 Å². The zero-order chi connectivity index (χ0) is 11.5. The molecule has 2 atom stereocenters. The lowest BCUT2D eigenvalue weighted by Gasteiger charge is -2.35. The first-order valence-corrected chi connectivity index (χ1v) is 6.44. The van der Waals surface area contributed by atoms with Crippen molar-refractivity contribution in [2.45, 2.75) is 64.5 Å². The first-order valence-electron chi connectivity index (χ1n) is 6.44. The van der Waals surface area contributed by atoms with Gasteiger partial charge in [0.15, 0.2) is 0 Å². The predicted molar refractivity (Wildman–Crippen MR) is 66.9 cm³/mol. The highest BCUT2D eigenvalue weighted by atomic mass is 15.2. The maximum absolute atomic E-state index is 6.09. The highest BCUT2D eigenvalue weighted by Crippen LogP contribution is 2.28. The minimum Gasteiger partial charge on any atom is -0.327 e. The molecule has 0 spiro atoms. The number of hydrogen-bond acceptors (Lipinski definition) is 2. The summed E-state index contributed by atoms with van der Waals surface area (Å²) in [5, 5.41) is 0. The Labute approximate surface area is 95.2 Å². The van der Waals surface area contributed by atoms with Crippen molar-refractivity contribution in [3.05, 3.63) is 0 Å². The van der Waals surface area contributed by atoms with Gasteiger partial charge >= 0.3 is 0 Å². The van der Waals surface area contributed by atoms with Crippen molar-refractivity contribution in [3.8, 4) is 0 Å². The molecule has 1 fully saturated rings. The summed E-state index contributed by atoms with van der Waals surface area (Å²) in [6.45, 7) is 8.10. The summed E-state index contributed by atoms with van der Waals surface area (Å²) in [5.74, 6) is 0.778. The molecule has 1 aliphatic carbocycles. The Morgan fingerprint density at radius 2 is 2.00 bits per heavy atom. The summed E-state index contributed by atoms with van der Waals surface area (Å²) in [5.41, 5.74) is 6.42. The summed E-state index contributed by atoms with van der Waals surface area (Å²) in [4.78, 5) is 2.48. The quantitative estimate of drug-likeness (QED) is 0.759. The molecule has 0 radical (unpaired) electrons. The van der Waals surface area contributed by atoms with E-state index in [1.54, 1.807) is 0 Å². The van der Waals surface area contributed by atoms with Gasteiger partial charge in [-0.3, -0.25) is 0 Å². The molecule has 0 aliphatic heterocycles. The van der Waals surface area contributed by atoms with Crippen LogP contribution in [-0.4, -0.2) is 30.1 Å². The second-order valence-corrected chi connectivity index (χ2v) is 5.73. The van der Waals surface area contributed by atoms with Gasteiger partial charge in [-0.25, -0.2) is 0 Å². The molecule has 1 aliphatic rings. The van der Waals surface area contributed by atoms with E-state index in [1.165, 1.54) is 38.6 Å². The standard InChI is InChI=1S/C13H28N2/c1-5-13(2,3)15(4)10-9-11-7-6-8-12(11)14/h11-12H,5-10,14H2,1-4H3. The first-order chi connectivity index (χ1) is 6.97. The Balaban J connectivity index is 2.30. The van der Waals surface area contributed by atoms with Gasteiger partial charge in [0.05, 0.1) is 0 Å². The average Bonchev–Trinajstić information content (AvgIpc) is 2.60. The smallest absolute Gasteiger partial charge is 0.0147 e. The van der Waals surface area contributed by atoms with Crippen LogP contribution in [0.4, 0.5) is 0 Å². The van der Waals surface area contributed by atoms with Crippen LogP contribution in [0.15, 0.2) is 0 Å². The van der Waals surface area contributed by atoms with E-state index in [4.69, 9.17) is 5.73 Å². The van der Waals surface area contributed by atoms with Gasteiger partial charge in [-0.05, 0) is 59.0 Å². The molecule has 0 heterocycles. The Kier molecular flexibility index (Phi) is 4.60. The van der Waals surface area contributed by atoms with Crippen LogP contribution in [0.25, 0.3) is 0 Å². The Bertz CT molecular complexity index is 189. The van der Waals surface area contributed by atoms with Crippen LogP contribution in [-0.2, 0) is 0 Å². The molecule has 2 N–H and O–H groups in total. The molecular weight excluding hydrogens is 184 g/mol. The third-order valence-corrected chi connectivity index (χ3v) is 4.45. The van der Waals surface area contributed by atoms with Gasteiger partial charge in [0.25, 0.3) is 0 Å². The SMILES string of the molecule is CCC(C)(C)N(C)CCC1CCCC1N. The van der Waals surface area contributed by atoms with Gasteiger partial charge in [-0.1, -0.05) is 13.3 Å². The van der Waals surface area contributed by atoms with Crippen LogP contribution in [0.3, 0.4) is 0 Å². The van der Waals surface area contributed by atoms with Gasteiger partial charge in [0, 0.05) is 11.6 Å². The highest BCUT2D eigenvalue weighted by molar-refractivity contribution is 4.83. The highest BCUT2D eigenvalue weighted by Gasteiger charge is 2.26. The normalized spacial score (nSPS) is 27.6. The Morgan fingerprint density at radius 1 is 1.33 bits per heavy atom. The van der Waals surface area contributed by atoms with E-state index in [9.17, 15) is 0 Å². The van der Waals surface area contributed by atoms with Crippen molar-refractivity contribution in [2.24, 2.45) is 11.7 Å². The molecule has 0 aromatic carbocycles. The molecule has 90 valence electrons. The maximum atomic E-state index is 6.09. The molecule has 0 aromatic heterocycles. The van der Waals surface area contributed by atoms with E-state index in [2.05, 4.69) is 32.7 Å². The average molecular weight is 212 g/mol. The third kappa shape index (κ3) is 3.46. The number of rotatable bonds is 5. The van der Waals surface area contributed by atoms with Crippen LogP contribution in [0.5, 0.6) is 0 Å². The molecule has 15 heavy (non-hydrogen) atoms. The van der Waals surface area contributed by atoms with Crippen LogP contribution in [0.2, 0.25) is 0 Å². The van der Waals surface area contributed by atoms with Gasteiger partial charge in [0.2, 0.25) is 0 Å². The van der Waals surface area contributed by atoms with Crippen molar-refractivity contribution in [1.29, 1.82) is 0 Å². The van der Waals surface area contributed by atoms with Gasteiger partial charge in [-0.2, -0.15) is 0 Å². The maximum Gasteiger partial charge on any atom is 0.0147 e. The molecule has 2 nitrogen and oxygen atoms in total. The van der Waals surface area contributed by atoms with Gasteiger partial charge in [0.1, 0.15) is 0 Å². The fourth-order valence-corrected chi connectivity index (χ4v) is 2.36. The second-order valence-electron chi connectivity index (χ2n) is 5.73. The number of nitrogens with zero attached hydrogens (tertiary/aromatic N) is 1. The van der Waals surface area contributed by atoms with Crippen LogP contribution < -0.4 is 5.73 Å². The van der Waals surface area contributed by atoms with Crippen molar-refractivity contribution in [1.82, 2.24) is 4.90 Å². The zero-order valence-corrected chi connectivity index (χ0v) is 10.9. The molecule has 1 saturated carbocycles. The molecule has 0 bridgehead atoms. The minimum absolute atomic E-state index is 0.336. The first kappa shape index (κ1) is 13.0. The lowest BCUT2D eigenvalue weighted by Crippen LogP contribution is -2.42. The fourth-order valence-electron chi connectivity index (χ4n) is 2.36. The molecule has 0 amide bonds. The summed E-state index contributed by atoms with van der Waals surface area (Å²) < 4.78 is 0. The summed E-state index contributed by atoms with van der Waals surface area (Å²) in [6, 6.07) is 0.475. The topological polar surface area (TPSA) is 29.3 Å².